The molecule has 0 unspecified atom stereocenters. The van der Waals surface area contributed by atoms with Crippen LogP contribution in [0.1, 0.15) is 38.9 Å². The van der Waals surface area contributed by atoms with E-state index in [-0.39, 0.29) is 18.0 Å². The first-order valence-corrected chi connectivity index (χ1v) is 10.4. The van der Waals surface area contributed by atoms with Crippen molar-refractivity contribution >= 4 is 22.6 Å². The number of rotatable bonds is 9. The third-order valence-corrected chi connectivity index (χ3v) is 5.49. The summed E-state index contributed by atoms with van der Waals surface area (Å²) in [6.45, 7) is 0. The Morgan fingerprint density at radius 1 is 0.848 bits per heavy atom. The zero-order valence-electron chi connectivity index (χ0n) is 18.6. The second kappa shape index (κ2) is 9.56. The van der Waals surface area contributed by atoms with Crippen LogP contribution in [0.5, 0.6) is 17.2 Å². The predicted octanol–water partition coefficient (Wildman–Crippen LogP) is 4.83. The SMILES string of the molecule is COc1cc(C(=O)[C@@H](CC(=O)c2ccccc2)c2nc3ccccc3[nH]2)cc(OC)c1OC. The minimum atomic E-state index is -0.826. The van der Waals surface area contributed by atoms with Crippen LogP contribution in [0.2, 0.25) is 0 Å². The Balaban J connectivity index is 1.78. The van der Waals surface area contributed by atoms with E-state index in [9.17, 15) is 9.59 Å². The van der Waals surface area contributed by atoms with Crippen LogP contribution in [-0.4, -0.2) is 42.9 Å². The van der Waals surface area contributed by atoms with Crippen LogP contribution in [-0.2, 0) is 0 Å². The number of aromatic nitrogens is 2. The predicted molar refractivity (Wildman–Crippen MR) is 125 cm³/mol. The Morgan fingerprint density at radius 2 is 1.48 bits per heavy atom. The van der Waals surface area contributed by atoms with Gasteiger partial charge in [0.25, 0.3) is 0 Å². The van der Waals surface area contributed by atoms with E-state index in [1.807, 2.05) is 30.3 Å². The average Bonchev–Trinajstić information content (AvgIpc) is 3.30. The molecule has 0 bridgehead atoms. The first-order valence-electron chi connectivity index (χ1n) is 10.4. The highest BCUT2D eigenvalue weighted by molar-refractivity contribution is 6.06. The summed E-state index contributed by atoms with van der Waals surface area (Å²) in [6, 6.07) is 19.6. The molecule has 0 radical (unpaired) electrons. The maximum atomic E-state index is 13.8. The number of hydrogen-bond donors (Lipinski definition) is 1. The highest BCUT2D eigenvalue weighted by Gasteiger charge is 2.30. The Labute approximate surface area is 191 Å². The second-order valence-electron chi connectivity index (χ2n) is 7.46. The molecule has 1 heterocycles. The van der Waals surface area contributed by atoms with E-state index in [2.05, 4.69) is 9.97 Å². The highest BCUT2D eigenvalue weighted by Crippen LogP contribution is 2.39. The number of aromatic amines is 1. The maximum Gasteiger partial charge on any atom is 0.203 e. The number of nitrogens with one attached hydrogen (secondary N) is 1. The van der Waals surface area contributed by atoms with Crippen molar-refractivity contribution in [1.82, 2.24) is 9.97 Å². The van der Waals surface area contributed by atoms with Crippen LogP contribution < -0.4 is 14.2 Å². The van der Waals surface area contributed by atoms with Gasteiger partial charge in [0.15, 0.2) is 23.1 Å². The number of methoxy groups -OCH3 is 3. The maximum absolute atomic E-state index is 13.8. The van der Waals surface area contributed by atoms with E-state index in [1.54, 1.807) is 36.4 Å². The number of H-pyrrole nitrogens is 1. The minimum Gasteiger partial charge on any atom is -0.493 e. The fraction of sp³-hybridized carbons (Fsp3) is 0.192. The van der Waals surface area contributed by atoms with Gasteiger partial charge in [-0.15, -0.1) is 0 Å². The third kappa shape index (κ3) is 4.43. The smallest absolute Gasteiger partial charge is 0.203 e. The van der Waals surface area contributed by atoms with Crippen LogP contribution in [0.4, 0.5) is 0 Å². The second-order valence-corrected chi connectivity index (χ2v) is 7.46. The highest BCUT2D eigenvalue weighted by atomic mass is 16.5. The van der Waals surface area contributed by atoms with Crippen molar-refractivity contribution in [3.05, 3.63) is 83.7 Å². The standard InChI is InChI=1S/C26H24N2O5/c1-31-22-13-17(14-23(32-2)25(22)33-3)24(30)18(15-21(29)16-9-5-4-6-10-16)26-27-19-11-7-8-12-20(19)28-26/h4-14,18H,15H2,1-3H3,(H,27,28)/t18-/m1/s1. The van der Waals surface area contributed by atoms with Gasteiger partial charge in [-0.25, -0.2) is 4.98 Å². The van der Waals surface area contributed by atoms with Crippen molar-refractivity contribution in [2.24, 2.45) is 0 Å². The largest absolute Gasteiger partial charge is 0.493 e. The molecule has 1 atom stereocenters. The van der Waals surface area contributed by atoms with Crippen LogP contribution in [0.3, 0.4) is 0 Å². The Bertz CT molecular complexity index is 1240. The molecule has 4 aromatic rings. The van der Waals surface area contributed by atoms with E-state index in [1.165, 1.54) is 21.3 Å². The molecule has 33 heavy (non-hydrogen) atoms. The number of para-hydroxylation sites is 2. The van der Waals surface area contributed by atoms with E-state index in [0.29, 0.717) is 34.2 Å². The molecule has 3 aromatic carbocycles. The fourth-order valence-corrected chi connectivity index (χ4v) is 3.80. The number of nitrogens with zero attached hydrogens (tertiary/aromatic N) is 1. The molecule has 0 aliphatic heterocycles. The molecule has 4 rings (SSSR count). The molecule has 0 aliphatic rings. The van der Waals surface area contributed by atoms with Gasteiger partial charge in [0.1, 0.15) is 5.82 Å². The molecule has 7 heteroatoms. The number of ether oxygens (including phenoxy) is 3. The Morgan fingerprint density at radius 3 is 2.09 bits per heavy atom. The summed E-state index contributed by atoms with van der Waals surface area (Å²) in [6.07, 6.45) is -0.0423. The molecule has 0 fully saturated rings. The molecule has 0 saturated heterocycles. The summed E-state index contributed by atoms with van der Waals surface area (Å²) < 4.78 is 16.2. The summed E-state index contributed by atoms with van der Waals surface area (Å²) >= 11 is 0. The fourth-order valence-electron chi connectivity index (χ4n) is 3.80. The molecule has 168 valence electrons. The molecule has 0 amide bonds. The molecule has 7 nitrogen and oxygen atoms in total. The quantitative estimate of drug-likeness (QED) is 0.372. The zero-order chi connectivity index (χ0) is 23.4. The van der Waals surface area contributed by atoms with Gasteiger partial charge in [-0.2, -0.15) is 0 Å². The van der Waals surface area contributed by atoms with Gasteiger partial charge >= 0.3 is 0 Å². The number of imidazole rings is 1. The number of benzene rings is 3. The van der Waals surface area contributed by atoms with E-state index in [4.69, 9.17) is 14.2 Å². The molecular formula is C26H24N2O5. The normalized spacial score (nSPS) is 11.7. The van der Waals surface area contributed by atoms with Gasteiger partial charge in [0.2, 0.25) is 5.75 Å². The monoisotopic (exact) mass is 444 g/mol. The van der Waals surface area contributed by atoms with E-state index < -0.39 is 5.92 Å². The lowest BCUT2D eigenvalue weighted by Crippen LogP contribution is -2.19. The lowest BCUT2D eigenvalue weighted by atomic mass is 9.90. The molecule has 0 saturated carbocycles. The number of carbonyl (C=O) groups is 2. The summed E-state index contributed by atoms with van der Waals surface area (Å²) in [5.41, 5.74) is 2.39. The first kappa shape index (κ1) is 22.1. The molecule has 0 spiro atoms. The Kier molecular flexibility index (Phi) is 6.40. The molecule has 1 aromatic heterocycles. The van der Waals surface area contributed by atoms with Crippen LogP contribution >= 0.6 is 0 Å². The van der Waals surface area contributed by atoms with Crippen molar-refractivity contribution < 1.29 is 23.8 Å². The topological polar surface area (TPSA) is 90.5 Å². The number of fused-ring (bicyclic) bond motifs is 1. The van der Waals surface area contributed by atoms with Crippen molar-refractivity contribution in [2.45, 2.75) is 12.3 Å². The number of carbonyl (C=O) groups excluding carboxylic acids is 2. The molecule has 0 aliphatic carbocycles. The van der Waals surface area contributed by atoms with Crippen LogP contribution in [0, 0.1) is 0 Å². The lowest BCUT2D eigenvalue weighted by molar-refractivity contribution is 0.0889. The molecular weight excluding hydrogens is 420 g/mol. The van der Waals surface area contributed by atoms with Gasteiger partial charge in [0, 0.05) is 17.5 Å². The number of Topliss-reactive ketones (excluding diaryl/α,β-unsaturated/α-hetero) is 2. The summed E-state index contributed by atoms with van der Waals surface area (Å²) in [7, 11) is 4.47. The van der Waals surface area contributed by atoms with Crippen molar-refractivity contribution in [2.75, 3.05) is 21.3 Å². The summed E-state index contributed by atoms with van der Waals surface area (Å²) in [5.74, 6) is 0.277. The van der Waals surface area contributed by atoms with Gasteiger partial charge in [-0.1, -0.05) is 42.5 Å². The zero-order valence-corrected chi connectivity index (χ0v) is 18.6. The van der Waals surface area contributed by atoms with Gasteiger partial charge < -0.3 is 19.2 Å². The number of hydrogen-bond acceptors (Lipinski definition) is 6. The van der Waals surface area contributed by atoms with Gasteiger partial charge in [-0.3, -0.25) is 9.59 Å². The molecule has 1 N–H and O–H groups in total. The van der Waals surface area contributed by atoms with Crippen molar-refractivity contribution in [3.63, 3.8) is 0 Å². The lowest BCUT2D eigenvalue weighted by Gasteiger charge is -2.17. The Hall–Kier alpha value is -4.13. The van der Waals surface area contributed by atoms with Crippen LogP contribution in [0.25, 0.3) is 11.0 Å². The van der Waals surface area contributed by atoms with E-state index in [0.717, 1.165) is 11.0 Å². The third-order valence-electron chi connectivity index (χ3n) is 5.49. The minimum absolute atomic E-state index is 0.0423. The van der Waals surface area contributed by atoms with Crippen LogP contribution in [0.15, 0.2) is 66.7 Å². The summed E-state index contributed by atoms with van der Waals surface area (Å²) in [5, 5.41) is 0. The summed E-state index contributed by atoms with van der Waals surface area (Å²) in [4.78, 5) is 34.6. The number of ketones is 2. The van der Waals surface area contributed by atoms with Crippen molar-refractivity contribution in [3.8, 4) is 17.2 Å². The average molecular weight is 444 g/mol. The van der Waals surface area contributed by atoms with Gasteiger partial charge in [-0.05, 0) is 24.3 Å². The first-order chi connectivity index (χ1) is 16.0. The van der Waals surface area contributed by atoms with E-state index >= 15 is 0 Å². The van der Waals surface area contributed by atoms with Gasteiger partial charge in [0.05, 0.1) is 38.3 Å². The van der Waals surface area contributed by atoms with Crippen molar-refractivity contribution in [1.29, 1.82) is 0 Å².